The molecule has 0 spiro atoms. The summed E-state index contributed by atoms with van der Waals surface area (Å²) in [5.74, 6) is 0.338. The van der Waals surface area contributed by atoms with Gasteiger partial charge in [0, 0.05) is 18.1 Å². The number of hydrogen-bond donors (Lipinski definition) is 0. The Hall–Kier alpha value is -2.07. The van der Waals surface area contributed by atoms with Gasteiger partial charge in [-0.05, 0) is 37.5 Å². The second-order valence-electron chi connectivity index (χ2n) is 5.02. The van der Waals surface area contributed by atoms with Crippen molar-refractivity contribution < 1.29 is 19.0 Å². The monoisotopic (exact) mass is 302 g/mol. The molecule has 0 aromatic heterocycles. The summed E-state index contributed by atoms with van der Waals surface area (Å²) < 4.78 is 16.4. The minimum absolute atomic E-state index is 0.211. The zero-order valence-corrected chi connectivity index (χ0v) is 12.9. The molecule has 1 saturated heterocycles. The summed E-state index contributed by atoms with van der Waals surface area (Å²) in [5, 5.41) is 0. The Morgan fingerprint density at radius 2 is 2.18 bits per heavy atom. The Bertz CT molecular complexity index is 542. The van der Waals surface area contributed by atoms with Gasteiger partial charge in [-0.3, -0.25) is 0 Å². The lowest BCUT2D eigenvalue weighted by Gasteiger charge is -2.24. The van der Waals surface area contributed by atoms with Crippen molar-refractivity contribution in [1.29, 1.82) is 0 Å². The van der Waals surface area contributed by atoms with Crippen molar-refractivity contribution in [3.63, 3.8) is 0 Å². The van der Waals surface area contributed by atoms with Crippen LogP contribution in [-0.2, 0) is 14.3 Å². The highest BCUT2D eigenvalue weighted by atomic mass is 16.7. The molecule has 4 heteroatoms. The summed E-state index contributed by atoms with van der Waals surface area (Å²) in [4.78, 5) is 11.4. The van der Waals surface area contributed by atoms with Crippen LogP contribution in [0.1, 0.15) is 31.7 Å². The summed E-state index contributed by atoms with van der Waals surface area (Å²) in [6, 6.07) is 7.62. The van der Waals surface area contributed by atoms with Crippen LogP contribution in [0.15, 0.2) is 43.0 Å². The summed E-state index contributed by atoms with van der Waals surface area (Å²) in [6.45, 7) is 6.86. The van der Waals surface area contributed by atoms with Gasteiger partial charge in [-0.15, -0.1) is 0 Å². The van der Waals surface area contributed by atoms with E-state index in [1.165, 1.54) is 6.08 Å². The molecule has 0 radical (unpaired) electrons. The Labute approximate surface area is 131 Å². The van der Waals surface area contributed by atoms with Crippen LogP contribution in [-0.4, -0.2) is 25.5 Å². The largest absolute Gasteiger partial charge is 0.464 e. The van der Waals surface area contributed by atoms with E-state index >= 15 is 0 Å². The van der Waals surface area contributed by atoms with Crippen molar-refractivity contribution in [2.24, 2.45) is 0 Å². The minimum atomic E-state index is -0.377. The highest BCUT2D eigenvalue weighted by Gasteiger charge is 2.17. The maximum absolute atomic E-state index is 11.4. The van der Waals surface area contributed by atoms with Crippen LogP contribution < -0.4 is 4.74 Å². The predicted octanol–water partition coefficient (Wildman–Crippen LogP) is 3.72. The van der Waals surface area contributed by atoms with Crippen molar-refractivity contribution in [2.75, 3.05) is 13.2 Å². The molecule has 1 aromatic carbocycles. The zero-order chi connectivity index (χ0) is 15.8. The second-order valence-corrected chi connectivity index (χ2v) is 5.02. The van der Waals surface area contributed by atoms with E-state index in [4.69, 9.17) is 14.2 Å². The van der Waals surface area contributed by atoms with E-state index in [-0.39, 0.29) is 12.3 Å². The third-order valence-corrected chi connectivity index (χ3v) is 3.34. The first-order valence-electron chi connectivity index (χ1n) is 7.62. The summed E-state index contributed by atoms with van der Waals surface area (Å²) in [6.07, 6.45) is 5.88. The minimum Gasteiger partial charge on any atom is -0.464 e. The molecule has 4 nitrogen and oxygen atoms in total. The first-order chi connectivity index (χ1) is 10.7. The van der Waals surface area contributed by atoms with Crippen LogP contribution in [0.2, 0.25) is 0 Å². The maximum atomic E-state index is 11.4. The first kappa shape index (κ1) is 16.3. The van der Waals surface area contributed by atoms with Gasteiger partial charge in [0.1, 0.15) is 5.75 Å². The Morgan fingerprint density at radius 3 is 2.91 bits per heavy atom. The maximum Gasteiger partial charge on any atom is 0.330 e. The fraction of sp³-hybridized carbons (Fsp3) is 0.389. The number of carbonyl (C=O) groups is 1. The number of rotatable bonds is 6. The highest BCUT2D eigenvalue weighted by Crippen LogP contribution is 2.28. The van der Waals surface area contributed by atoms with Gasteiger partial charge >= 0.3 is 5.97 Å². The Balaban J connectivity index is 2.06. The van der Waals surface area contributed by atoms with Gasteiger partial charge in [-0.1, -0.05) is 24.8 Å². The van der Waals surface area contributed by atoms with Crippen LogP contribution in [0.3, 0.4) is 0 Å². The highest BCUT2D eigenvalue weighted by molar-refractivity contribution is 5.87. The van der Waals surface area contributed by atoms with E-state index in [0.717, 1.165) is 31.4 Å². The molecule has 1 aromatic rings. The fourth-order valence-corrected chi connectivity index (χ4v) is 2.23. The lowest BCUT2D eigenvalue weighted by Crippen LogP contribution is -2.25. The van der Waals surface area contributed by atoms with Crippen molar-refractivity contribution in [3.8, 4) is 5.75 Å². The van der Waals surface area contributed by atoms with Gasteiger partial charge in [0.2, 0.25) is 0 Å². The molecule has 1 aliphatic heterocycles. The van der Waals surface area contributed by atoms with Gasteiger partial charge in [0.15, 0.2) is 6.29 Å². The topological polar surface area (TPSA) is 44.8 Å². The SMILES string of the molecule is C=C(C=CC(=O)OCC)c1ccccc1OC1CCCCO1. The standard InChI is InChI=1S/C18H22O4/c1-3-20-17(19)12-11-14(2)15-8-4-5-9-16(15)22-18-10-6-7-13-21-18/h4-5,8-9,11-12,18H,2-3,6-7,10,13H2,1H3. The number of hydrogen-bond acceptors (Lipinski definition) is 4. The Morgan fingerprint density at radius 1 is 1.36 bits per heavy atom. The molecule has 1 atom stereocenters. The van der Waals surface area contributed by atoms with Gasteiger partial charge in [0.25, 0.3) is 0 Å². The zero-order valence-electron chi connectivity index (χ0n) is 12.9. The van der Waals surface area contributed by atoms with E-state index in [2.05, 4.69) is 6.58 Å². The summed E-state index contributed by atoms with van der Waals surface area (Å²) in [7, 11) is 0. The van der Waals surface area contributed by atoms with E-state index in [1.807, 2.05) is 24.3 Å². The number of ether oxygens (including phenoxy) is 3. The molecule has 0 N–H and O–H groups in total. The average molecular weight is 302 g/mol. The quantitative estimate of drug-likeness (QED) is 0.456. The molecule has 0 aliphatic carbocycles. The molecule has 0 bridgehead atoms. The van der Waals surface area contributed by atoms with Crippen LogP contribution >= 0.6 is 0 Å². The van der Waals surface area contributed by atoms with Crippen molar-refractivity contribution >= 4 is 11.5 Å². The molecule has 1 fully saturated rings. The van der Waals surface area contributed by atoms with E-state index in [1.54, 1.807) is 13.0 Å². The van der Waals surface area contributed by atoms with E-state index in [0.29, 0.717) is 17.9 Å². The van der Waals surface area contributed by atoms with Gasteiger partial charge in [-0.25, -0.2) is 4.79 Å². The molecule has 1 aliphatic rings. The van der Waals surface area contributed by atoms with E-state index in [9.17, 15) is 4.79 Å². The van der Waals surface area contributed by atoms with Crippen molar-refractivity contribution in [2.45, 2.75) is 32.5 Å². The van der Waals surface area contributed by atoms with Gasteiger partial charge in [0.05, 0.1) is 13.2 Å². The molecule has 0 amide bonds. The number of benzene rings is 1. The third kappa shape index (κ3) is 4.74. The van der Waals surface area contributed by atoms with Crippen LogP contribution in [0.4, 0.5) is 0 Å². The van der Waals surface area contributed by atoms with E-state index < -0.39 is 0 Å². The summed E-state index contributed by atoms with van der Waals surface area (Å²) >= 11 is 0. The number of esters is 1. The molecule has 2 rings (SSSR count). The second kappa shape index (κ2) is 8.39. The normalized spacial score (nSPS) is 18.1. The lowest BCUT2D eigenvalue weighted by atomic mass is 10.1. The van der Waals surface area contributed by atoms with Gasteiger partial charge < -0.3 is 14.2 Å². The van der Waals surface area contributed by atoms with Crippen LogP contribution in [0.5, 0.6) is 5.75 Å². The molecule has 118 valence electrons. The third-order valence-electron chi connectivity index (χ3n) is 3.34. The van der Waals surface area contributed by atoms with Gasteiger partial charge in [-0.2, -0.15) is 0 Å². The molecular formula is C18H22O4. The van der Waals surface area contributed by atoms with Crippen molar-refractivity contribution in [1.82, 2.24) is 0 Å². The fourth-order valence-electron chi connectivity index (χ4n) is 2.23. The van der Waals surface area contributed by atoms with Crippen LogP contribution in [0, 0.1) is 0 Å². The van der Waals surface area contributed by atoms with Crippen LogP contribution in [0.25, 0.3) is 5.57 Å². The lowest BCUT2D eigenvalue weighted by molar-refractivity contribution is -0.137. The average Bonchev–Trinajstić information content (AvgIpc) is 2.54. The number of carbonyl (C=O) groups excluding carboxylic acids is 1. The smallest absolute Gasteiger partial charge is 0.330 e. The molecular weight excluding hydrogens is 280 g/mol. The number of para-hydroxylation sites is 1. The number of allylic oxidation sites excluding steroid dienone is 2. The molecule has 0 saturated carbocycles. The molecule has 22 heavy (non-hydrogen) atoms. The Kier molecular flexibility index (Phi) is 6.22. The molecule has 1 heterocycles. The molecule has 1 unspecified atom stereocenters. The summed E-state index contributed by atoms with van der Waals surface area (Å²) in [5.41, 5.74) is 1.54. The predicted molar refractivity (Wildman–Crippen MR) is 85.5 cm³/mol. The van der Waals surface area contributed by atoms with Crippen molar-refractivity contribution in [3.05, 3.63) is 48.6 Å². The first-order valence-corrected chi connectivity index (χ1v) is 7.62.